The third-order valence-corrected chi connectivity index (χ3v) is 2.70. The molecule has 1 nitrogen and oxygen atoms in total. The Hall–Kier alpha value is -0.570. The van der Waals surface area contributed by atoms with Crippen LogP contribution in [0.15, 0.2) is 17.1 Å². The van der Waals surface area contributed by atoms with E-state index in [-0.39, 0.29) is 5.13 Å². The second kappa shape index (κ2) is 5.97. The van der Waals surface area contributed by atoms with Gasteiger partial charge in [0.1, 0.15) is 0 Å². The zero-order valence-electron chi connectivity index (χ0n) is 7.12. The predicted octanol–water partition coefficient (Wildman–Crippen LogP) is 3.31. The van der Waals surface area contributed by atoms with Crippen LogP contribution in [0.2, 0.25) is 0 Å². The Bertz CT molecular complexity index is 302. The SMILES string of the molecule is Fc1ccc(CCCCN=C=S)s1. The van der Waals surface area contributed by atoms with Crippen LogP contribution in [0.1, 0.15) is 17.7 Å². The highest BCUT2D eigenvalue weighted by Crippen LogP contribution is 2.16. The molecule has 0 saturated carbocycles. The highest BCUT2D eigenvalue weighted by molar-refractivity contribution is 7.78. The van der Waals surface area contributed by atoms with Gasteiger partial charge in [-0.15, -0.1) is 11.3 Å². The van der Waals surface area contributed by atoms with Crippen LogP contribution in [0.25, 0.3) is 0 Å². The van der Waals surface area contributed by atoms with Gasteiger partial charge in [0.2, 0.25) is 0 Å². The molecule has 0 aliphatic carbocycles. The number of halogens is 1. The number of hydrogen-bond acceptors (Lipinski definition) is 3. The number of thiophene rings is 1. The van der Waals surface area contributed by atoms with E-state index in [9.17, 15) is 4.39 Å². The number of rotatable bonds is 5. The molecule has 4 heteroatoms. The van der Waals surface area contributed by atoms with Crippen molar-refractivity contribution >= 4 is 28.7 Å². The maximum absolute atomic E-state index is 12.5. The number of hydrogen-bond donors (Lipinski definition) is 0. The van der Waals surface area contributed by atoms with E-state index >= 15 is 0 Å². The first-order valence-corrected chi connectivity index (χ1v) is 5.33. The minimum atomic E-state index is -0.105. The summed E-state index contributed by atoms with van der Waals surface area (Å²) in [5.41, 5.74) is 0. The minimum Gasteiger partial charge on any atom is -0.233 e. The van der Waals surface area contributed by atoms with Crippen LogP contribution in [0.5, 0.6) is 0 Å². The van der Waals surface area contributed by atoms with E-state index in [1.807, 2.05) is 6.07 Å². The molecule has 0 aliphatic rings. The average molecular weight is 215 g/mol. The second-order valence-corrected chi connectivity index (χ2v) is 3.94. The second-order valence-electron chi connectivity index (χ2n) is 2.64. The molecule has 1 aromatic rings. The summed E-state index contributed by atoms with van der Waals surface area (Å²) in [6.07, 6.45) is 2.95. The largest absolute Gasteiger partial charge is 0.233 e. The fraction of sp³-hybridized carbons (Fsp3) is 0.444. The van der Waals surface area contributed by atoms with Crippen LogP contribution in [-0.4, -0.2) is 11.7 Å². The number of aliphatic imine (C=N–C) groups is 1. The number of nitrogens with zero attached hydrogens (tertiary/aromatic N) is 1. The van der Waals surface area contributed by atoms with Gasteiger partial charge >= 0.3 is 0 Å². The van der Waals surface area contributed by atoms with Gasteiger partial charge in [-0.25, -0.2) is 4.99 Å². The molecular weight excluding hydrogens is 205 g/mol. The van der Waals surface area contributed by atoms with Crippen molar-refractivity contribution in [2.75, 3.05) is 6.54 Å². The Kier molecular flexibility index (Phi) is 4.83. The molecule has 0 atom stereocenters. The van der Waals surface area contributed by atoms with E-state index < -0.39 is 0 Å². The first-order valence-electron chi connectivity index (χ1n) is 4.11. The minimum absolute atomic E-state index is 0.105. The molecule has 1 rings (SSSR count). The Morgan fingerprint density at radius 1 is 1.46 bits per heavy atom. The summed E-state index contributed by atoms with van der Waals surface area (Å²) in [4.78, 5) is 4.90. The van der Waals surface area contributed by atoms with Crippen molar-refractivity contribution in [2.24, 2.45) is 4.99 Å². The summed E-state index contributed by atoms with van der Waals surface area (Å²) in [5.74, 6) is 0. The number of aryl methyl sites for hydroxylation is 1. The summed E-state index contributed by atoms with van der Waals surface area (Å²) in [6.45, 7) is 0.733. The van der Waals surface area contributed by atoms with E-state index in [0.29, 0.717) is 0 Å². The fourth-order valence-electron chi connectivity index (χ4n) is 1.02. The number of isothiocyanates is 1. The molecule has 13 heavy (non-hydrogen) atoms. The molecule has 0 bridgehead atoms. The van der Waals surface area contributed by atoms with E-state index in [0.717, 1.165) is 30.7 Å². The van der Waals surface area contributed by atoms with Gasteiger partial charge in [0, 0.05) is 11.4 Å². The molecule has 1 heterocycles. The highest BCUT2D eigenvalue weighted by Gasteiger charge is 1.97. The van der Waals surface area contributed by atoms with Crippen LogP contribution >= 0.6 is 23.6 Å². The van der Waals surface area contributed by atoms with Crippen molar-refractivity contribution in [1.82, 2.24) is 0 Å². The fourth-order valence-corrected chi connectivity index (χ4v) is 1.88. The van der Waals surface area contributed by atoms with Gasteiger partial charge in [-0.1, -0.05) is 0 Å². The van der Waals surface area contributed by atoms with Gasteiger partial charge in [-0.3, -0.25) is 0 Å². The zero-order chi connectivity index (χ0) is 9.52. The van der Waals surface area contributed by atoms with Crippen molar-refractivity contribution in [3.8, 4) is 0 Å². The third kappa shape index (κ3) is 4.27. The van der Waals surface area contributed by atoms with Crippen molar-refractivity contribution in [3.05, 3.63) is 22.1 Å². The van der Waals surface area contributed by atoms with E-state index in [1.165, 1.54) is 17.4 Å². The lowest BCUT2D eigenvalue weighted by atomic mass is 10.2. The topological polar surface area (TPSA) is 12.4 Å². The first-order chi connectivity index (χ1) is 6.33. The third-order valence-electron chi connectivity index (χ3n) is 1.64. The lowest BCUT2D eigenvalue weighted by Crippen LogP contribution is -1.84. The maximum atomic E-state index is 12.5. The van der Waals surface area contributed by atoms with Crippen LogP contribution in [0.3, 0.4) is 0 Å². The smallest absolute Gasteiger partial charge is 0.176 e. The van der Waals surface area contributed by atoms with E-state index in [1.54, 1.807) is 0 Å². The Labute approximate surface area is 86.3 Å². The van der Waals surface area contributed by atoms with Gasteiger partial charge in [0.25, 0.3) is 0 Å². The molecule has 0 fully saturated rings. The van der Waals surface area contributed by atoms with Crippen LogP contribution < -0.4 is 0 Å². The van der Waals surface area contributed by atoms with E-state index in [4.69, 9.17) is 0 Å². The molecule has 0 aliphatic heterocycles. The van der Waals surface area contributed by atoms with Gasteiger partial charge in [-0.05, 0) is 43.6 Å². The maximum Gasteiger partial charge on any atom is 0.176 e. The molecule has 0 N–H and O–H groups in total. The molecule has 70 valence electrons. The van der Waals surface area contributed by atoms with Crippen LogP contribution in [-0.2, 0) is 6.42 Å². The summed E-state index contributed by atoms with van der Waals surface area (Å²) >= 11 is 5.65. The van der Waals surface area contributed by atoms with Gasteiger partial charge in [0.15, 0.2) is 5.13 Å². The van der Waals surface area contributed by atoms with Gasteiger partial charge < -0.3 is 0 Å². The van der Waals surface area contributed by atoms with Crippen molar-refractivity contribution in [3.63, 3.8) is 0 Å². The number of unbranched alkanes of at least 4 members (excludes halogenated alkanes) is 1. The molecule has 0 saturated heterocycles. The molecule has 0 aromatic carbocycles. The predicted molar refractivity (Wildman–Crippen MR) is 57.1 cm³/mol. The van der Waals surface area contributed by atoms with Crippen molar-refractivity contribution < 1.29 is 4.39 Å². The Morgan fingerprint density at radius 3 is 2.92 bits per heavy atom. The Morgan fingerprint density at radius 2 is 2.31 bits per heavy atom. The quantitative estimate of drug-likeness (QED) is 0.417. The van der Waals surface area contributed by atoms with Crippen molar-refractivity contribution in [2.45, 2.75) is 19.3 Å². The van der Waals surface area contributed by atoms with Crippen LogP contribution in [0, 0.1) is 5.13 Å². The molecule has 0 unspecified atom stereocenters. The lowest BCUT2D eigenvalue weighted by molar-refractivity contribution is 0.657. The summed E-state index contributed by atoms with van der Waals surface area (Å²) in [6, 6.07) is 3.34. The molecule has 0 amide bonds. The normalized spacial score (nSPS) is 9.62. The van der Waals surface area contributed by atoms with Crippen molar-refractivity contribution in [1.29, 1.82) is 0 Å². The average Bonchev–Trinajstić information content (AvgIpc) is 2.51. The Balaban J connectivity index is 2.16. The molecule has 0 radical (unpaired) electrons. The molecule has 1 aromatic heterocycles. The molecular formula is C9H10FNS2. The first kappa shape index (κ1) is 10.5. The van der Waals surface area contributed by atoms with Gasteiger partial charge in [-0.2, -0.15) is 4.39 Å². The van der Waals surface area contributed by atoms with E-state index in [2.05, 4.69) is 22.4 Å². The molecule has 0 spiro atoms. The highest BCUT2D eigenvalue weighted by atomic mass is 32.1. The monoisotopic (exact) mass is 215 g/mol. The standard InChI is InChI=1S/C9H10FNS2/c10-9-5-4-8(13-9)3-1-2-6-11-7-12/h4-5H,1-3,6H2. The summed E-state index contributed by atoms with van der Waals surface area (Å²) < 4.78 is 12.5. The zero-order valence-corrected chi connectivity index (χ0v) is 8.76. The van der Waals surface area contributed by atoms with Crippen LogP contribution in [0.4, 0.5) is 4.39 Å². The summed E-state index contributed by atoms with van der Waals surface area (Å²) in [7, 11) is 0. The van der Waals surface area contributed by atoms with Gasteiger partial charge in [0.05, 0.1) is 5.16 Å². The lowest BCUT2D eigenvalue weighted by Gasteiger charge is -1.93. The summed E-state index contributed by atoms with van der Waals surface area (Å²) in [5, 5.41) is 2.22. The number of thiocarbonyl (C=S) groups is 1.